The van der Waals surface area contributed by atoms with Crippen LogP contribution in [0.5, 0.6) is 0 Å². The van der Waals surface area contributed by atoms with Gasteiger partial charge in [-0.1, -0.05) is 87.5 Å². The minimum atomic E-state index is -2.73. The van der Waals surface area contributed by atoms with Crippen LogP contribution in [0.4, 0.5) is 4.79 Å². The van der Waals surface area contributed by atoms with E-state index in [1.54, 1.807) is 6.20 Å². The van der Waals surface area contributed by atoms with Crippen molar-refractivity contribution in [3.8, 4) is 0 Å². The number of aromatic nitrogens is 1. The molecule has 3 aromatic rings. The Balaban J connectivity index is 1.74. The standard InChI is InChI=1S/C25H28N2O3SSi/c1-25(2,3)32(21-10-6-4-7-11-21,22-12-8-5-9-13-22)30-18-20-16-19(17-27(20)24(28)29)23-26-14-15-31-23/h4-16,20H,17-18H2,1-3H3,(H,28,29)/t20-/m0/s1. The van der Waals surface area contributed by atoms with Crippen LogP contribution in [0.15, 0.2) is 78.3 Å². The van der Waals surface area contributed by atoms with E-state index in [2.05, 4.69) is 74.3 Å². The summed E-state index contributed by atoms with van der Waals surface area (Å²) in [6, 6.07) is 20.5. The lowest BCUT2D eigenvalue weighted by Gasteiger charge is -2.43. The van der Waals surface area contributed by atoms with Gasteiger partial charge in [0.2, 0.25) is 0 Å². The number of thiazole rings is 1. The SMILES string of the molecule is CC(C)(C)[Si](OC[C@@H]1C=C(c2nccs2)CN1C(=O)O)(c1ccccc1)c1ccccc1. The lowest BCUT2D eigenvalue weighted by atomic mass is 10.2. The van der Waals surface area contributed by atoms with E-state index in [4.69, 9.17) is 4.43 Å². The maximum atomic E-state index is 12.0. The molecule has 0 fully saturated rings. The maximum absolute atomic E-state index is 12.0. The molecule has 0 saturated carbocycles. The molecule has 1 aromatic heterocycles. The summed E-state index contributed by atoms with van der Waals surface area (Å²) >= 11 is 1.53. The fraction of sp³-hybridized carbons (Fsp3) is 0.280. The summed E-state index contributed by atoms with van der Waals surface area (Å²) in [5.41, 5.74) is 0.943. The first-order chi connectivity index (χ1) is 15.3. The third-order valence-corrected chi connectivity index (χ3v) is 11.8. The maximum Gasteiger partial charge on any atom is 0.408 e. The third kappa shape index (κ3) is 4.15. The zero-order chi connectivity index (χ0) is 22.8. The van der Waals surface area contributed by atoms with Crippen LogP contribution in [-0.4, -0.2) is 48.6 Å². The van der Waals surface area contributed by atoms with Gasteiger partial charge >= 0.3 is 6.09 Å². The lowest BCUT2D eigenvalue weighted by Crippen LogP contribution is -2.67. The highest BCUT2D eigenvalue weighted by molar-refractivity contribution is 7.10. The van der Waals surface area contributed by atoms with Gasteiger partial charge < -0.3 is 9.53 Å². The topological polar surface area (TPSA) is 62.7 Å². The van der Waals surface area contributed by atoms with Gasteiger partial charge in [-0.05, 0) is 15.4 Å². The molecule has 0 spiro atoms. The van der Waals surface area contributed by atoms with Crippen molar-refractivity contribution >= 4 is 41.7 Å². The van der Waals surface area contributed by atoms with Crippen molar-refractivity contribution in [1.82, 2.24) is 9.88 Å². The Kier molecular flexibility index (Phi) is 6.32. The summed E-state index contributed by atoms with van der Waals surface area (Å²) in [6.07, 6.45) is 2.81. The molecule has 1 N–H and O–H groups in total. The van der Waals surface area contributed by atoms with E-state index < -0.39 is 14.4 Å². The number of hydrogen-bond donors (Lipinski definition) is 1. The highest BCUT2D eigenvalue weighted by atomic mass is 32.1. The Hall–Kier alpha value is -2.74. The van der Waals surface area contributed by atoms with E-state index in [0.717, 1.165) is 10.6 Å². The molecule has 7 heteroatoms. The van der Waals surface area contributed by atoms with Crippen LogP contribution in [0.1, 0.15) is 25.8 Å². The second-order valence-electron chi connectivity index (χ2n) is 8.98. The number of amides is 1. The van der Waals surface area contributed by atoms with Gasteiger partial charge in [0.15, 0.2) is 0 Å². The number of nitrogens with zero attached hydrogens (tertiary/aromatic N) is 2. The Bertz CT molecular complexity index is 1040. The molecule has 0 saturated heterocycles. The quantitative estimate of drug-likeness (QED) is 0.547. The Labute approximate surface area is 194 Å². The van der Waals surface area contributed by atoms with Gasteiger partial charge in [0.25, 0.3) is 8.32 Å². The first-order valence-corrected chi connectivity index (χ1v) is 13.5. The van der Waals surface area contributed by atoms with E-state index >= 15 is 0 Å². The number of carboxylic acid groups (broad SMARTS) is 1. The highest BCUT2D eigenvalue weighted by Crippen LogP contribution is 2.37. The zero-order valence-electron chi connectivity index (χ0n) is 18.6. The van der Waals surface area contributed by atoms with Crippen molar-refractivity contribution in [2.24, 2.45) is 0 Å². The van der Waals surface area contributed by atoms with E-state index in [1.807, 2.05) is 23.6 Å². The number of benzene rings is 2. The molecule has 32 heavy (non-hydrogen) atoms. The molecule has 0 aliphatic carbocycles. The fourth-order valence-corrected chi connectivity index (χ4v) is 9.75. The van der Waals surface area contributed by atoms with Crippen molar-refractivity contribution in [2.75, 3.05) is 13.2 Å². The fourth-order valence-electron chi connectivity index (χ4n) is 4.52. The predicted octanol–water partition coefficient (Wildman–Crippen LogP) is 4.47. The second-order valence-corrected chi connectivity index (χ2v) is 14.2. The normalized spacial score (nSPS) is 16.8. The molecule has 2 heterocycles. The van der Waals surface area contributed by atoms with Crippen LogP contribution in [0.25, 0.3) is 5.57 Å². The van der Waals surface area contributed by atoms with Crippen LogP contribution in [0.3, 0.4) is 0 Å². The second kappa shape index (κ2) is 9.01. The lowest BCUT2D eigenvalue weighted by molar-refractivity contribution is 0.128. The van der Waals surface area contributed by atoms with Gasteiger partial charge in [0, 0.05) is 17.2 Å². The molecular weight excluding hydrogens is 436 g/mol. The van der Waals surface area contributed by atoms with E-state index in [-0.39, 0.29) is 11.1 Å². The van der Waals surface area contributed by atoms with E-state index in [0.29, 0.717) is 13.2 Å². The number of hydrogen-bond acceptors (Lipinski definition) is 4. The van der Waals surface area contributed by atoms with Crippen LogP contribution < -0.4 is 10.4 Å². The first kappa shape index (κ1) is 22.5. The molecule has 0 unspecified atom stereocenters. The summed E-state index contributed by atoms with van der Waals surface area (Å²) in [7, 11) is -2.73. The van der Waals surface area contributed by atoms with E-state index in [1.165, 1.54) is 26.6 Å². The Morgan fingerprint density at radius 2 is 1.72 bits per heavy atom. The van der Waals surface area contributed by atoms with Gasteiger partial charge in [-0.2, -0.15) is 0 Å². The summed E-state index contributed by atoms with van der Waals surface area (Å²) in [5, 5.41) is 14.8. The molecule has 5 nitrogen and oxygen atoms in total. The molecule has 0 bridgehead atoms. The molecule has 4 rings (SSSR count). The molecular formula is C25H28N2O3SSi. The minimum Gasteiger partial charge on any atom is -0.465 e. The van der Waals surface area contributed by atoms with Gasteiger partial charge in [0.05, 0.1) is 19.2 Å². The molecule has 1 aliphatic heterocycles. The van der Waals surface area contributed by atoms with Gasteiger partial charge in [-0.3, -0.25) is 4.90 Å². The molecule has 0 radical (unpaired) electrons. The van der Waals surface area contributed by atoms with Crippen LogP contribution in [-0.2, 0) is 4.43 Å². The largest absolute Gasteiger partial charge is 0.465 e. The van der Waals surface area contributed by atoms with Crippen molar-refractivity contribution < 1.29 is 14.3 Å². The molecule has 1 amide bonds. The number of carbonyl (C=O) groups is 1. The molecule has 1 aliphatic rings. The summed E-state index contributed by atoms with van der Waals surface area (Å²) < 4.78 is 6.97. The smallest absolute Gasteiger partial charge is 0.408 e. The average Bonchev–Trinajstić information content (AvgIpc) is 3.45. The third-order valence-electron chi connectivity index (χ3n) is 5.97. The van der Waals surface area contributed by atoms with Gasteiger partial charge in [0.1, 0.15) is 5.01 Å². The van der Waals surface area contributed by atoms with Crippen LogP contribution >= 0.6 is 11.3 Å². The average molecular weight is 465 g/mol. The van der Waals surface area contributed by atoms with Crippen LogP contribution in [0.2, 0.25) is 5.04 Å². The molecule has 1 atom stereocenters. The highest BCUT2D eigenvalue weighted by Gasteiger charge is 2.50. The van der Waals surface area contributed by atoms with Crippen molar-refractivity contribution in [1.29, 1.82) is 0 Å². The molecule has 166 valence electrons. The van der Waals surface area contributed by atoms with Gasteiger partial charge in [-0.25, -0.2) is 9.78 Å². The number of rotatable bonds is 6. The minimum absolute atomic E-state index is 0.162. The van der Waals surface area contributed by atoms with Crippen molar-refractivity contribution in [3.05, 3.63) is 83.3 Å². The van der Waals surface area contributed by atoms with Crippen molar-refractivity contribution in [3.63, 3.8) is 0 Å². The van der Waals surface area contributed by atoms with E-state index in [9.17, 15) is 9.90 Å². The summed E-state index contributed by atoms with van der Waals surface area (Å²) in [5.74, 6) is 0. The first-order valence-electron chi connectivity index (χ1n) is 10.7. The van der Waals surface area contributed by atoms with Crippen LogP contribution in [0, 0.1) is 0 Å². The van der Waals surface area contributed by atoms with Crippen molar-refractivity contribution in [2.45, 2.75) is 31.9 Å². The zero-order valence-corrected chi connectivity index (χ0v) is 20.4. The van der Waals surface area contributed by atoms with Gasteiger partial charge in [-0.15, -0.1) is 11.3 Å². The molecule has 2 aromatic carbocycles. The monoisotopic (exact) mass is 464 g/mol. The Morgan fingerprint density at radius 1 is 1.12 bits per heavy atom. The summed E-state index contributed by atoms with van der Waals surface area (Å²) in [6.45, 7) is 7.30. The summed E-state index contributed by atoms with van der Waals surface area (Å²) in [4.78, 5) is 17.8. The Morgan fingerprint density at radius 3 is 2.19 bits per heavy atom. The predicted molar refractivity (Wildman–Crippen MR) is 132 cm³/mol.